The Kier molecular flexibility index (Phi) is 5.98. The van der Waals surface area contributed by atoms with E-state index in [1.807, 2.05) is 35.2 Å². The lowest BCUT2D eigenvalue weighted by Gasteiger charge is -2.32. The van der Waals surface area contributed by atoms with Crippen LogP contribution in [0.3, 0.4) is 0 Å². The molecule has 1 saturated heterocycles. The van der Waals surface area contributed by atoms with E-state index in [9.17, 15) is 9.59 Å². The van der Waals surface area contributed by atoms with Crippen LogP contribution in [-0.4, -0.2) is 47.9 Å². The van der Waals surface area contributed by atoms with Crippen molar-refractivity contribution < 1.29 is 14.3 Å². The molecule has 31 heavy (non-hydrogen) atoms. The number of aromatic nitrogens is 1. The maximum atomic E-state index is 12.8. The Bertz CT molecular complexity index is 1110. The summed E-state index contributed by atoms with van der Waals surface area (Å²) in [5.74, 6) is 0.740. The van der Waals surface area contributed by atoms with Gasteiger partial charge in [0.2, 0.25) is 5.91 Å². The molecule has 3 aromatic rings. The van der Waals surface area contributed by atoms with Gasteiger partial charge in [0.25, 0.3) is 5.91 Å². The number of para-hydroxylation sites is 1. The number of amides is 2. The lowest BCUT2D eigenvalue weighted by molar-refractivity contribution is -0.131. The van der Waals surface area contributed by atoms with E-state index in [2.05, 4.69) is 36.3 Å². The number of aromatic amines is 1. The van der Waals surface area contributed by atoms with Gasteiger partial charge in [0.1, 0.15) is 11.4 Å². The van der Waals surface area contributed by atoms with E-state index in [-0.39, 0.29) is 17.9 Å². The Hall–Kier alpha value is -3.28. The molecule has 0 aliphatic carbocycles. The molecular weight excluding hydrogens is 390 g/mol. The van der Waals surface area contributed by atoms with Crippen molar-refractivity contribution in [2.75, 3.05) is 20.2 Å². The fourth-order valence-corrected chi connectivity index (χ4v) is 4.38. The molecule has 4 rings (SSSR count). The first-order valence-corrected chi connectivity index (χ1v) is 10.7. The topological polar surface area (TPSA) is 74.4 Å². The average molecular weight is 420 g/mol. The number of aryl methyl sites for hydroxylation is 2. The number of methoxy groups -OCH3 is 1. The van der Waals surface area contributed by atoms with Crippen LogP contribution in [-0.2, 0) is 11.2 Å². The third kappa shape index (κ3) is 4.58. The number of fused-ring (bicyclic) bond motifs is 1. The Morgan fingerprint density at radius 2 is 1.87 bits per heavy atom. The molecule has 0 bridgehead atoms. The van der Waals surface area contributed by atoms with Crippen LogP contribution in [0, 0.1) is 13.8 Å². The van der Waals surface area contributed by atoms with E-state index in [1.165, 1.54) is 5.56 Å². The summed E-state index contributed by atoms with van der Waals surface area (Å²) in [4.78, 5) is 30.6. The number of benzene rings is 2. The van der Waals surface area contributed by atoms with Crippen molar-refractivity contribution in [3.63, 3.8) is 0 Å². The van der Waals surface area contributed by atoms with Crippen molar-refractivity contribution in [1.29, 1.82) is 0 Å². The zero-order valence-electron chi connectivity index (χ0n) is 18.3. The summed E-state index contributed by atoms with van der Waals surface area (Å²) in [7, 11) is 1.62. The maximum absolute atomic E-state index is 12.8. The van der Waals surface area contributed by atoms with Crippen LogP contribution < -0.4 is 10.1 Å². The SMILES string of the molecule is COc1ccccc1CC(=O)N1CCC(NC(=O)c2cc3c(C)cc(C)cc3[nH]2)CC1. The maximum Gasteiger partial charge on any atom is 0.267 e. The summed E-state index contributed by atoms with van der Waals surface area (Å²) in [6.45, 7) is 5.40. The number of carbonyl (C=O) groups excluding carboxylic acids is 2. The second kappa shape index (κ2) is 8.84. The van der Waals surface area contributed by atoms with Crippen molar-refractivity contribution in [3.05, 3.63) is 64.8 Å². The van der Waals surface area contributed by atoms with Gasteiger partial charge in [-0.1, -0.05) is 24.3 Å². The zero-order chi connectivity index (χ0) is 22.0. The average Bonchev–Trinajstić information content (AvgIpc) is 3.19. The summed E-state index contributed by atoms with van der Waals surface area (Å²) < 4.78 is 5.35. The van der Waals surface area contributed by atoms with Crippen LogP contribution in [0.15, 0.2) is 42.5 Å². The molecule has 1 aliphatic rings. The number of piperidine rings is 1. The van der Waals surface area contributed by atoms with Crippen molar-refractivity contribution in [2.24, 2.45) is 0 Å². The number of ether oxygens (including phenoxy) is 1. The van der Waals surface area contributed by atoms with Gasteiger partial charge in [-0.2, -0.15) is 0 Å². The first-order chi connectivity index (χ1) is 14.9. The second-order valence-electron chi connectivity index (χ2n) is 8.34. The Morgan fingerprint density at radius 1 is 1.13 bits per heavy atom. The van der Waals surface area contributed by atoms with Crippen LogP contribution in [0.5, 0.6) is 5.75 Å². The van der Waals surface area contributed by atoms with E-state index >= 15 is 0 Å². The third-order valence-electron chi connectivity index (χ3n) is 6.05. The van der Waals surface area contributed by atoms with Gasteiger partial charge in [0.05, 0.1) is 13.5 Å². The molecule has 162 valence electrons. The van der Waals surface area contributed by atoms with Crippen LogP contribution in [0.1, 0.15) is 40.0 Å². The van der Waals surface area contributed by atoms with Crippen LogP contribution >= 0.6 is 0 Å². The molecule has 1 aromatic heterocycles. The van der Waals surface area contributed by atoms with Crippen LogP contribution in [0.25, 0.3) is 10.9 Å². The van der Waals surface area contributed by atoms with Gasteiger partial charge in [-0.15, -0.1) is 0 Å². The minimum absolute atomic E-state index is 0.0667. The van der Waals surface area contributed by atoms with Crippen LogP contribution in [0.2, 0.25) is 0 Å². The van der Waals surface area contributed by atoms with Crippen molar-refractivity contribution >= 4 is 22.7 Å². The lowest BCUT2D eigenvalue weighted by atomic mass is 10.0. The molecule has 0 unspecified atom stereocenters. The highest BCUT2D eigenvalue weighted by Crippen LogP contribution is 2.22. The van der Waals surface area contributed by atoms with Gasteiger partial charge >= 0.3 is 0 Å². The Balaban J connectivity index is 1.33. The molecule has 2 heterocycles. The summed E-state index contributed by atoms with van der Waals surface area (Å²) in [6.07, 6.45) is 1.83. The van der Waals surface area contributed by atoms with Gasteiger partial charge in [0.15, 0.2) is 0 Å². The number of likely N-dealkylation sites (tertiary alicyclic amines) is 1. The monoisotopic (exact) mass is 419 g/mol. The quantitative estimate of drug-likeness (QED) is 0.661. The Morgan fingerprint density at radius 3 is 2.61 bits per heavy atom. The van der Waals surface area contributed by atoms with Crippen molar-refractivity contribution in [3.8, 4) is 5.75 Å². The number of nitrogens with one attached hydrogen (secondary N) is 2. The largest absolute Gasteiger partial charge is 0.496 e. The highest BCUT2D eigenvalue weighted by Gasteiger charge is 2.25. The van der Waals surface area contributed by atoms with Gasteiger partial charge in [-0.25, -0.2) is 0 Å². The molecule has 6 heteroatoms. The van der Waals surface area contributed by atoms with Crippen LogP contribution in [0.4, 0.5) is 0 Å². The highest BCUT2D eigenvalue weighted by atomic mass is 16.5. The molecule has 1 fully saturated rings. The molecule has 1 aliphatic heterocycles. The van der Waals surface area contributed by atoms with Gasteiger partial charge in [-0.3, -0.25) is 9.59 Å². The van der Waals surface area contributed by atoms with E-state index in [0.717, 1.165) is 40.6 Å². The third-order valence-corrected chi connectivity index (χ3v) is 6.05. The molecule has 2 aromatic carbocycles. The number of nitrogens with zero attached hydrogens (tertiary/aromatic N) is 1. The Labute approximate surface area is 182 Å². The predicted octanol–water partition coefficient (Wildman–Crippen LogP) is 3.76. The number of hydrogen-bond acceptors (Lipinski definition) is 3. The molecule has 2 N–H and O–H groups in total. The summed E-state index contributed by atoms with van der Waals surface area (Å²) >= 11 is 0. The van der Waals surface area contributed by atoms with Crippen molar-refractivity contribution in [1.82, 2.24) is 15.2 Å². The molecule has 0 atom stereocenters. The molecule has 0 radical (unpaired) electrons. The van der Waals surface area contributed by atoms with E-state index in [1.54, 1.807) is 7.11 Å². The first kappa shape index (κ1) is 21.0. The fourth-order valence-electron chi connectivity index (χ4n) is 4.38. The summed E-state index contributed by atoms with van der Waals surface area (Å²) in [5.41, 5.74) is 4.80. The highest BCUT2D eigenvalue weighted by molar-refractivity contribution is 5.99. The van der Waals surface area contributed by atoms with Crippen molar-refractivity contribution in [2.45, 2.75) is 39.2 Å². The summed E-state index contributed by atoms with van der Waals surface area (Å²) in [6, 6.07) is 13.8. The lowest BCUT2D eigenvalue weighted by Crippen LogP contribution is -2.47. The predicted molar refractivity (Wildman–Crippen MR) is 122 cm³/mol. The van der Waals surface area contributed by atoms with Gasteiger partial charge in [-0.05, 0) is 56.0 Å². The number of carbonyl (C=O) groups is 2. The molecule has 0 spiro atoms. The first-order valence-electron chi connectivity index (χ1n) is 10.7. The second-order valence-corrected chi connectivity index (χ2v) is 8.34. The smallest absolute Gasteiger partial charge is 0.267 e. The zero-order valence-corrected chi connectivity index (χ0v) is 18.3. The molecular formula is C25H29N3O3. The minimum Gasteiger partial charge on any atom is -0.496 e. The molecule has 2 amide bonds. The molecule has 6 nitrogen and oxygen atoms in total. The summed E-state index contributed by atoms with van der Waals surface area (Å²) in [5, 5.41) is 4.21. The normalized spacial score (nSPS) is 14.6. The van der Waals surface area contributed by atoms with E-state index in [4.69, 9.17) is 4.74 Å². The number of H-pyrrole nitrogens is 1. The number of hydrogen-bond donors (Lipinski definition) is 2. The van der Waals surface area contributed by atoms with E-state index < -0.39 is 0 Å². The fraction of sp³-hybridized carbons (Fsp3) is 0.360. The van der Waals surface area contributed by atoms with Gasteiger partial charge in [0, 0.05) is 35.6 Å². The minimum atomic E-state index is -0.0907. The molecule has 0 saturated carbocycles. The van der Waals surface area contributed by atoms with Gasteiger partial charge < -0.3 is 19.9 Å². The number of rotatable bonds is 5. The van der Waals surface area contributed by atoms with E-state index in [0.29, 0.717) is 25.2 Å². The standard InChI is InChI=1S/C25H29N3O3/c1-16-12-17(2)20-15-22(27-21(20)13-16)25(30)26-19-8-10-28(11-9-19)24(29)14-18-6-4-5-7-23(18)31-3/h4-7,12-13,15,19,27H,8-11,14H2,1-3H3,(H,26,30).